The first-order valence-corrected chi connectivity index (χ1v) is 9.48. The van der Waals surface area contributed by atoms with E-state index in [9.17, 15) is 9.59 Å². The van der Waals surface area contributed by atoms with Gasteiger partial charge in [-0.2, -0.15) is 5.10 Å². The van der Waals surface area contributed by atoms with Gasteiger partial charge in [-0.15, -0.1) is 0 Å². The van der Waals surface area contributed by atoms with E-state index in [1.165, 1.54) is 6.33 Å². The Balaban J connectivity index is 1.38. The van der Waals surface area contributed by atoms with E-state index in [1.54, 1.807) is 11.0 Å². The van der Waals surface area contributed by atoms with Crippen molar-refractivity contribution in [3.05, 3.63) is 72.3 Å². The standard InChI is InChI=1S/C22H22N4O2/c1-15(12-26-14-23-13-24-26)25-22(28)20-10-4-17(5-11-20)16-2-6-18(7-3-16)21(27)19-8-9-19/h2-7,10-11,13-15,19H,8-9,12H2,1H3,(H,25,28). The SMILES string of the molecule is CC(Cn1cncn1)NC(=O)c1ccc(-c2ccc(C(=O)C3CC3)cc2)cc1. The smallest absolute Gasteiger partial charge is 0.251 e. The van der Waals surface area contributed by atoms with E-state index < -0.39 is 0 Å². The molecule has 6 heteroatoms. The van der Waals surface area contributed by atoms with Gasteiger partial charge >= 0.3 is 0 Å². The Morgan fingerprint density at radius 2 is 1.64 bits per heavy atom. The molecule has 142 valence electrons. The molecule has 0 radical (unpaired) electrons. The van der Waals surface area contributed by atoms with E-state index in [4.69, 9.17) is 0 Å². The second kappa shape index (κ2) is 7.76. The van der Waals surface area contributed by atoms with Crippen molar-refractivity contribution in [2.24, 2.45) is 5.92 Å². The molecular formula is C22H22N4O2. The third-order valence-electron chi connectivity index (χ3n) is 4.90. The van der Waals surface area contributed by atoms with Gasteiger partial charge in [0.1, 0.15) is 12.7 Å². The van der Waals surface area contributed by atoms with Gasteiger partial charge in [-0.05, 0) is 43.0 Å². The van der Waals surface area contributed by atoms with Crippen molar-refractivity contribution in [1.29, 1.82) is 0 Å². The first-order valence-electron chi connectivity index (χ1n) is 9.48. The highest BCUT2D eigenvalue weighted by Gasteiger charge is 2.30. The average molecular weight is 374 g/mol. The summed E-state index contributed by atoms with van der Waals surface area (Å²) in [6.07, 6.45) is 5.13. The summed E-state index contributed by atoms with van der Waals surface area (Å²) < 4.78 is 1.69. The number of amides is 1. The second-order valence-corrected chi connectivity index (χ2v) is 7.29. The quantitative estimate of drug-likeness (QED) is 0.644. The molecule has 1 atom stereocenters. The first kappa shape index (κ1) is 18.1. The maximum Gasteiger partial charge on any atom is 0.251 e. The number of nitrogens with zero attached hydrogens (tertiary/aromatic N) is 3. The molecule has 1 fully saturated rings. The highest BCUT2D eigenvalue weighted by molar-refractivity contribution is 5.99. The number of ketones is 1. The van der Waals surface area contributed by atoms with E-state index in [0.29, 0.717) is 12.1 Å². The molecule has 1 N–H and O–H groups in total. The van der Waals surface area contributed by atoms with Crippen LogP contribution in [0.5, 0.6) is 0 Å². The Morgan fingerprint density at radius 3 is 2.18 bits per heavy atom. The molecule has 1 aliphatic carbocycles. The molecular weight excluding hydrogens is 352 g/mol. The third-order valence-corrected chi connectivity index (χ3v) is 4.90. The van der Waals surface area contributed by atoms with Crippen LogP contribution >= 0.6 is 0 Å². The number of carbonyl (C=O) groups is 2. The summed E-state index contributed by atoms with van der Waals surface area (Å²) in [7, 11) is 0. The second-order valence-electron chi connectivity index (χ2n) is 7.29. The molecule has 28 heavy (non-hydrogen) atoms. The first-order chi connectivity index (χ1) is 13.6. The van der Waals surface area contributed by atoms with Crippen LogP contribution in [0.25, 0.3) is 11.1 Å². The zero-order valence-electron chi connectivity index (χ0n) is 15.7. The van der Waals surface area contributed by atoms with Crippen LogP contribution in [0.1, 0.15) is 40.5 Å². The van der Waals surface area contributed by atoms with Crippen molar-refractivity contribution in [1.82, 2.24) is 20.1 Å². The van der Waals surface area contributed by atoms with Gasteiger partial charge in [-0.25, -0.2) is 4.98 Å². The molecule has 3 aromatic rings. The fraction of sp³-hybridized carbons (Fsp3) is 0.273. The van der Waals surface area contributed by atoms with E-state index in [1.807, 2.05) is 55.5 Å². The molecule has 1 unspecified atom stereocenters. The van der Waals surface area contributed by atoms with Crippen molar-refractivity contribution < 1.29 is 9.59 Å². The Kier molecular flexibility index (Phi) is 5.02. The van der Waals surface area contributed by atoms with Gasteiger partial charge in [-0.1, -0.05) is 36.4 Å². The molecule has 1 saturated carbocycles. The van der Waals surface area contributed by atoms with Gasteiger partial charge in [0.25, 0.3) is 5.91 Å². The van der Waals surface area contributed by atoms with E-state index >= 15 is 0 Å². The van der Waals surface area contributed by atoms with Crippen LogP contribution < -0.4 is 5.32 Å². The van der Waals surface area contributed by atoms with E-state index in [2.05, 4.69) is 15.4 Å². The van der Waals surface area contributed by atoms with Gasteiger partial charge in [0.15, 0.2) is 5.78 Å². The van der Waals surface area contributed by atoms with Gasteiger partial charge in [0.05, 0.1) is 6.54 Å². The summed E-state index contributed by atoms with van der Waals surface area (Å²) in [5, 5.41) is 7.01. The van der Waals surface area contributed by atoms with Gasteiger partial charge < -0.3 is 5.32 Å². The van der Waals surface area contributed by atoms with Crippen molar-refractivity contribution in [2.45, 2.75) is 32.4 Å². The minimum atomic E-state index is -0.121. The molecule has 1 aliphatic rings. The van der Waals surface area contributed by atoms with Crippen LogP contribution in [-0.4, -0.2) is 32.5 Å². The van der Waals surface area contributed by atoms with Crippen molar-refractivity contribution in [3.63, 3.8) is 0 Å². The lowest BCUT2D eigenvalue weighted by molar-refractivity contribution is 0.0934. The maximum atomic E-state index is 12.4. The monoisotopic (exact) mass is 374 g/mol. The molecule has 4 rings (SSSR count). The fourth-order valence-corrected chi connectivity index (χ4v) is 3.18. The predicted molar refractivity (Wildman–Crippen MR) is 106 cm³/mol. The number of Topliss-reactive ketones (excluding diaryl/α,β-unsaturated/α-hetero) is 1. The van der Waals surface area contributed by atoms with Crippen LogP contribution in [0, 0.1) is 5.92 Å². The van der Waals surface area contributed by atoms with Gasteiger partial charge in [0, 0.05) is 23.1 Å². The summed E-state index contributed by atoms with van der Waals surface area (Å²) in [6.45, 7) is 2.49. The molecule has 0 spiro atoms. The van der Waals surface area contributed by atoms with Crippen LogP contribution in [0.3, 0.4) is 0 Å². The molecule has 0 saturated heterocycles. The Hall–Kier alpha value is -3.28. The van der Waals surface area contributed by atoms with Crippen LogP contribution in [0.15, 0.2) is 61.2 Å². The summed E-state index contributed by atoms with van der Waals surface area (Å²) in [6, 6.07) is 15.1. The number of nitrogens with one attached hydrogen (secondary N) is 1. The lowest BCUT2D eigenvalue weighted by Gasteiger charge is -2.14. The minimum Gasteiger partial charge on any atom is -0.348 e. The third kappa shape index (κ3) is 4.17. The summed E-state index contributed by atoms with van der Waals surface area (Å²) in [4.78, 5) is 28.4. The van der Waals surface area contributed by atoms with Crippen molar-refractivity contribution >= 4 is 11.7 Å². The van der Waals surface area contributed by atoms with Crippen molar-refractivity contribution in [2.75, 3.05) is 0 Å². The number of benzene rings is 2. The predicted octanol–water partition coefficient (Wildman–Crippen LogP) is 3.36. The highest BCUT2D eigenvalue weighted by atomic mass is 16.1. The fourth-order valence-electron chi connectivity index (χ4n) is 3.18. The topological polar surface area (TPSA) is 76.9 Å². The molecule has 1 amide bonds. The number of rotatable bonds is 7. The Morgan fingerprint density at radius 1 is 1.04 bits per heavy atom. The maximum absolute atomic E-state index is 12.4. The largest absolute Gasteiger partial charge is 0.348 e. The summed E-state index contributed by atoms with van der Waals surface area (Å²) in [5.41, 5.74) is 3.43. The Bertz CT molecular complexity index is 959. The van der Waals surface area contributed by atoms with Gasteiger partial charge in [-0.3, -0.25) is 14.3 Å². The van der Waals surface area contributed by atoms with E-state index in [-0.39, 0.29) is 23.7 Å². The summed E-state index contributed by atoms with van der Waals surface area (Å²) >= 11 is 0. The van der Waals surface area contributed by atoms with Crippen LogP contribution in [-0.2, 0) is 6.54 Å². The highest BCUT2D eigenvalue weighted by Crippen LogP contribution is 2.33. The molecule has 1 heterocycles. The minimum absolute atomic E-state index is 0.0644. The molecule has 2 aromatic carbocycles. The number of aromatic nitrogens is 3. The van der Waals surface area contributed by atoms with Gasteiger partial charge in [0.2, 0.25) is 0 Å². The number of hydrogen-bond donors (Lipinski definition) is 1. The molecule has 0 bridgehead atoms. The van der Waals surface area contributed by atoms with Crippen molar-refractivity contribution in [3.8, 4) is 11.1 Å². The molecule has 0 aliphatic heterocycles. The number of hydrogen-bond acceptors (Lipinski definition) is 4. The lowest BCUT2D eigenvalue weighted by atomic mass is 10.00. The number of carbonyl (C=O) groups excluding carboxylic acids is 2. The van der Waals surface area contributed by atoms with Crippen LogP contribution in [0.4, 0.5) is 0 Å². The normalized spacial score (nSPS) is 14.5. The van der Waals surface area contributed by atoms with E-state index in [0.717, 1.165) is 29.5 Å². The Labute approximate surface area is 163 Å². The van der Waals surface area contributed by atoms with Crippen LogP contribution in [0.2, 0.25) is 0 Å². The lowest BCUT2D eigenvalue weighted by Crippen LogP contribution is -2.35. The zero-order chi connectivity index (χ0) is 19.5. The molecule has 1 aromatic heterocycles. The molecule has 6 nitrogen and oxygen atoms in total. The summed E-state index contributed by atoms with van der Waals surface area (Å²) in [5.74, 6) is 0.360. The zero-order valence-corrected chi connectivity index (χ0v) is 15.7. The average Bonchev–Trinajstić information content (AvgIpc) is 3.45.